The molecule has 1 aromatic carbocycles. The molecule has 172 valence electrons. The van der Waals surface area contributed by atoms with Gasteiger partial charge < -0.3 is 19.5 Å². The molecule has 2 aromatic heterocycles. The van der Waals surface area contributed by atoms with Gasteiger partial charge in [0, 0.05) is 50.8 Å². The second-order valence-electron chi connectivity index (χ2n) is 7.70. The highest BCUT2D eigenvalue weighted by molar-refractivity contribution is 14.0. The Morgan fingerprint density at radius 1 is 1.28 bits per heavy atom. The van der Waals surface area contributed by atoms with Crippen LogP contribution in [0.1, 0.15) is 30.0 Å². The molecule has 0 bridgehead atoms. The molecule has 1 aliphatic heterocycles. The van der Waals surface area contributed by atoms with Gasteiger partial charge in [-0.3, -0.25) is 4.68 Å². The third kappa shape index (κ3) is 6.32. The van der Waals surface area contributed by atoms with E-state index in [-0.39, 0.29) is 30.1 Å². The predicted octanol–water partition coefficient (Wildman–Crippen LogP) is 3.02. The zero-order valence-electron chi connectivity index (χ0n) is 18.7. The van der Waals surface area contributed by atoms with Gasteiger partial charge in [-0.1, -0.05) is 30.3 Å². The van der Waals surface area contributed by atoms with Crippen LogP contribution in [0.5, 0.6) is 0 Å². The normalized spacial score (nSPS) is 16.6. The van der Waals surface area contributed by atoms with Gasteiger partial charge in [0.2, 0.25) is 0 Å². The number of rotatable bonds is 7. The number of aryl methyl sites for hydroxylation is 3. The van der Waals surface area contributed by atoms with Crippen molar-refractivity contribution in [3.63, 3.8) is 0 Å². The third-order valence-corrected chi connectivity index (χ3v) is 5.45. The molecule has 4 rings (SSSR count). The van der Waals surface area contributed by atoms with Crippen LogP contribution in [0, 0.1) is 0 Å². The average molecular weight is 549 g/mol. The zero-order valence-corrected chi connectivity index (χ0v) is 21.1. The van der Waals surface area contributed by atoms with Crippen molar-refractivity contribution in [2.75, 3.05) is 26.2 Å². The first-order valence-corrected chi connectivity index (χ1v) is 10.9. The topological polar surface area (TPSA) is 72.5 Å². The van der Waals surface area contributed by atoms with Gasteiger partial charge in [0.05, 0.1) is 19.3 Å². The summed E-state index contributed by atoms with van der Waals surface area (Å²) in [6.45, 7) is 6.57. The number of aromatic nitrogens is 4. The van der Waals surface area contributed by atoms with Gasteiger partial charge in [-0.15, -0.1) is 24.0 Å². The second-order valence-corrected chi connectivity index (χ2v) is 7.70. The van der Waals surface area contributed by atoms with Crippen molar-refractivity contribution in [3.8, 4) is 0 Å². The molecule has 0 saturated carbocycles. The van der Waals surface area contributed by atoms with Crippen LogP contribution in [0.15, 0.2) is 60.1 Å². The van der Waals surface area contributed by atoms with Crippen LogP contribution in [0.4, 0.5) is 0 Å². The minimum absolute atomic E-state index is 0. The van der Waals surface area contributed by atoms with E-state index >= 15 is 0 Å². The molecule has 9 heteroatoms. The fourth-order valence-electron chi connectivity index (χ4n) is 3.81. The van der Waals surface area contributed by atoms with Crippen LogP contribution >= 0.6 is 24.0 Å². The molecule has 1 unspecified atom stereocenters. The average Bonchev–Trinajstić information content (AvgIpc) is 3.44. The summed E-state index contributed by atoms with van der Waals surface area (Å²) in [6.07, 6.45) is 8.76. The van der Waals surface area contributed by atoms with E-state index in [2.05, 4.69) is 56.1 Å². The van der Waals surface area contributed by atoms with Crippen molar-refractivity contribution in [1.29, 1.82) is 0 Å². The highest BCUT2D eigenvalue weighted by atomic mass is 127. The van der Waals surface area contributed by atoms with Crippen molar-refractivity contribution in [1.82, 2.24) is 29.5 Å². The first kappa shape index (κ1) is 24.2. The quantitative estimate of drug-likeness (QED) is 0.279. The third-order valence-electron chi connectivity index (χ3n) is 5.45. The van der Waals surface area contributed by atoms with Crippen LogP contribution < -0.4 is 5.32 Å². The summed E-state index contributed by atoms with van der Waals surface area (Å²) in [5, 5.41) is 7.71. The number of nitrogens with zero attached hydrogens (tertiary/aromatic N) is 6. The molecule has 3 heterocycles. The Morgan fingerprint density at radius 2 is 2.12 bits per heavy atom. The van der Waals surface area contributed by atoms with E-state index in [0.29, 0.717) is 13.2 Å². The van der Waals surface area contributed by atoms with Crippen LogP contribution in [-0.4, -0.2) is 56.4 Å². The van der Waals surface area contributed by atoms with E-state index in [1.165, 1.54) is 5.56 Å². The standard InChI is InChI=1S/C23H31N7O.HI/c1-3-24-23(30-13-14-31-21(18-30)20-15-27-28(2)17-20)26-16-22-25-10-12-29(22)11-9-19-7-5-4-6-8-19;/h4-8,10,12,15,17,21H,3,9,11,13-14,16,18H2,1-2H3,(H,24,26);1H. The molecule has 1 saturated heterocycles. The predicted molar refractivity (Wildman–Crippen MR) is 136 cm³/mol. The lowest BCUT2D eigenvalue weighted by molar-refractivity contribution is -0.00805. The summed E-state index contributed by atoms with van der Waals surface area (Å²) in [5.74, 6) is 1.88. The number of morpholine rings is 1. The van der Waals surface area contributed by atoms with Crippen LogP contribution in [-0.2, 0) is 31.3 Å². The Hall–Kier alpha value is -2.40. The summed E-state index contributed by atoms with van der Waals surface area (Å²) in [4.78, 5) is 11.7. The van der Waals surface area contributed by atoms with E-state index in [0.717, 1.165) is 49.9 Å². The van der Waals surface area contributed by atoms with Crippen LogP contribution in [0.2, 0.25) is 0 Å². The SMILES string of the molecule is CCNC(=NCc1nccn1CCc1ccccc1)N1CCOC(c2cnn(C)c2)C1.I. The molecule has 32 heavy (non-hydrogen) atoms. The first-order chi connectivity index (χ1) is 15.2. The fraction of sp³-hybridized carbons (Fsp3) is 0.435. The van der Waals surface area contributed by atoms with Crippen LogP contribution in [0.25, 0.3) is 0 Å². The molecular weight excluding hydrogens is 517 g/mol. The van der Waals surface area contributed by atoms with Crippen molar-refractivity contribution >= 4 is 29.9 Å². The molecule has 0 amide bonds. The minimum atomic E-state index is -0.000773. The first-order valence-electron chi connectivity index (χ1n) is 10.9. The lowest BCUT2D eigenvalue weighted by Crippen LogP contribution is -2.48. The summed E-state index contributed by atoms with van der Waals surface area (Å²) in [5.41, 5.74) is 2.42. The van der Waals surface area contributed by atoms with E-state index in [4.69, 9.17) is 9.73 Å². The lowest BCUT2D eigenvalue weighted by atomic mass is 10.1. The number of aliphatic imine (C=N–C) groups is 1. The second kappa shape index (κ2) is 12.0. The van der Waals surface area contributed by atoms with Gasteiger partial charge in [0.25, 0.3) is 0 Å². The summed E-state index contributed by atoms with van der Waals surface area (Å²) in [6, 6.07) is 10.5. The Morgan fingerprint density at radius 3 is 2.88 bits per heavy atom. The molecule has 1 fully saturated rings. The molecular formula is C23H32IN7O. The maximum atomic E-state index is 5.99. The largest absolute Gasteiger partial charge is 0.370 e. The smallest absolute Gasteiger partial charge is 0.194 e. The monoisotopic (exact) mass is 549 g/mol. The number of hydrogen-bond donors (Lipinski definition) is 1. The highest BCUT2D eigenvalue weighted by Gasteiger charge is 2.25. The van der Waals surface area contributed by atoms with Gasteiger partial charge in [0.1, 0.15) is 18.5 Å². The van der Waals surface area contributed by atoms with Crippen molar-refractivity contribution in [2.45, 2.75) is 32.5 Å². The number of ether oxygens (including phenoxy) is 1. The number of guanidine groups is 1. The van der Waals surface area contributed by atoms with Gasteiger partial charge in [-0.2, -0.15) is 5.10 Å². The Bertz CT molecular complexity index is 985. The van der Waals surface area contributed by atoms with E-state index in [1.807, 2.05) is 42.6 Å². The number of imidazole rings is 1. The van der Waals surface area contributed by atoms with Gasteiger partial charge >= 0.3 is 0 Å². The maximum absolute atomic E-state index is 5.99. The summed E-state index contributed by atoms with van der Waals surface area (Å²) in [7, 11) is 1.93. The van der Waals surface area contributed by atoms with E-state index in [9.17, 15) is 0 Å². The van der Waals surface area contributed by atoms with Gasteiger partial charge in [-0.05, 0) is 18.9 Å². The maximum Gasteiger partial charge on any atom is 0.194 e. The molecule has 0 radical (unpaired) electrons. The van der Waals surface area contributed by atoms with Gasteiger partial charge in [0.15, 0.2) is 5.96 Å². The zero-order chi connectivity index (χ0) is 21.5. The summed E-state index contributed by atoms with van der Waals surface area (Å²) >= 11 is 0. The lowest BCUT2D eigenvalue weighted by Gasteiger charge is -2.34. The summed E-state index contributed by atoms with van der Waals surface area (Å²) < 4.78 is 9.99. The van der Waals surface area contributed by atoms with Gasteiger partial charge in [-0.25, -0.2) is 9.98 Å². The highest BCUT2D eigenvalue weighted by Crippen LogP contribution is 2.21. The molecule has 8 nitrogen and oxygen atoms in total. The van der Waals surface area contributed by atoms with Crippen molar-refractivity contribution < 1.29 is 4.74 Å². The van der Waals surface area contributed by atoms with Crippen molar-refractivity contribution in [2.24, 2.45) is 12.0 Å². The van der Waals surface area contributed by atoms with E-state index in [1.54, 1.807) is 0 Å². The number of nitrogens with one attached hydrogen (secondary N) is 1. The molecule has 0 aliphatic carbocycles. The minimum Gasteiger partial charge on any atom is -0.370 e. The number of benzene rings is 1. The number of hydrogen-bond acceptors (Lipinski definition) is 4. The van der Waals surface area contributed by atoms with Crippen molar-refractivity contribution in [3.05, 3.63) is 72.1 Å². The fourth-order valence-corrected chi connectivity index (χ4v) is 3.81. The van der Waals surface area contributed by atoms with Crippen LogP contribution in [0.3, 0.4) is 0 Å². The molecule has 3 aromatic rings. The molecule has 1 atom stereocenters. The Balaban J connectivity index is 0.00000289. The molecule has 1 N–H and O–H groups in total. The number of halogens is 1. The van der Waals surface area contributed by atoms with E-state index < -0.39 is 0 Å². The molecule has 1 aliphatic rings. The Labute approximate surface area is 206 Å². The Kier molecular flexibility index (Phi) is 9.10. The molecule has 0 spiro atoms.